The molecule has 0 aromatic heterocycles. The highest BCUT2D eigenvalue weighted by Gasteiger charge is 2.55. The quantitative estimate of drug-likeness (QED) is 0.136. The van der Waals surface area contributed by atoms with E-state index < -0.39 is 53.0 Å². The summed E-state index contributed by atoms with van der Waals surface area (Å²) in [5.74, 6) is -1.28. The van der Waals surface area contributed by atoms with Crippen molar-refractivity contribution in [3.8, 4) is 0 Å². The number of benzene rings is 4. The van der Waals surface area contributed by atoms with Gasteiger partial charge in [0, 0.05) is 0 Å². The molecule has 0 aliphatic carbocycles. The van der Waals surface area contributed by atoms with Crippen molar-refractivity contribution >= 4 is 35.6 Å². The number of thioether (sulfide) groups is 1. The maximum Gasteiger partial charge on any atom is 0.408 e. The van der Waals surface area contributed by atoms with Crippen molar-refractivity contribution in [2.75, 3.05) is 5.75 Å². The molecule has 0 saturated carbocycles. The molecule has 262 valence electrons. The monoisotopic (exact) mass is 705 g/mol. The van der Waals surface area contributed by atoms with E-state index in [-0.39, 0.29) is 18.1 Å². The van der Waals surface area contributed by atoms with E-state index in [1.165, 1.54) is 16.7 Å². The van der Waals surface area contributed by atoms with Crippen LogP contribution in [0.1, 0.15) is 55.2 Å². The van der Waals surface area contributed by atoms with E-state index in [1.807, 2.05) is 91.0 Å². The first-order valence-electron chi connectivity index (χ1n) is 16.6. The van der Waals surface area contributed by atoms with Gasteiger partial charge in [-0.25, -0.2) is 9.59 Å². The number of nitrogens with zero attached hydrogens (tertiary/aromatic N) is 1. The lowest BCUT2D eigenvalue weighted by Crippen LogP contribution is -2.71. The summed E-state index contributed by atoms with van der Waals surface area (Å²) >= 11 is 1.36. The highest BCUT2D eigenvalue weighted by Crippen LogP contribution is 2.42. The van der Waals surface area contributed by atoms with Gasteiger partial charge in [0.2, 0.25) is 5.91 Å². The number of esters is 1. The van der Waals surface area contributed by atoms with Gasteiger partial charge in [0.1, 0.15) is 35.4 Å². The molecule has 1 fully saturated rings. The van der Waals surface area contributed by atoms with Crippen LogP contribution in [0.4, 0.5) is 4.79 Å². The Morgan fingerprint density at radius 1 is 0.804 bits per heavy atom. The first kappa shape index (κ1) is 35.3. The molecule has 2 aliphatic rings. The zero-order valence-corrected chi connectivity index (χ0v) is 29.3. The molecule has 2 aliphatic heterocycles. The van der Waals surface area contributed by atoms with Crippen molar-refractivity contribution in [3.63, 3.8) is 0 Å². The number of amides is 3. The third-order valence-electron chi connectivity index (χ3n) is 8.17. The van der Waals surface area contributed by atoms with E-state index in [4.69, 9.17) is 14.2 Å². The van der Waals surface area contributed by atoms with E-state index in [2.05, 4.69) is 10.6 Å². The molecular weight excluding hydrogens is 667 g/mol. The van der Waals surface area contributed by atoms with Gasteiger partial charge in [-0.1, -0.05) is 121 Å². The normalized spacial score (nSPS) is 17.5. The topological polar surface area (TPSA) is 123 Å². The van der Waals surface area contributed by atoms with E-state index in [9.17, 15) is 19.2 Å². The number of hydrogen-bond acceptors (Lipinski definition) is 8. The summed E-state index contributed by atoms with van der Waals surface area (Å²) in [5, 5.41) is 4.83. The molecule has 4 aromatic carbocycles. The molecule has 4 aromatic rings. The first-order chi connectivity index (χ1) is 24.6. The molecule has 3 amide bonds. The summed E-state index contributed by atoms with van der Waals surface area (Å²) in [4.78, 5) is 56.1. The molecule has 0 bridgehead atoms. The number of fused-ring (bicyclic) bond motifs is 1. The smallest absolute Gasteiger partial charge is 0.408 e. The lowest BCUT2D eigenvalue weighted by atomic mass is 10.0. The van der Waals surface area contributed by atoms with E-state index >= 15 is 0 Å². The Bertz CT molecular complexity index is 1840. The lowest BCUT2D eigenvalue weighted by Gasteiger charge is -2.49. The van der Waals surface area contributed by atoms with Gasteiger partial charge >= 0.3 is 12.1 Å². The average Bonchev–Trinajstić information content (AvgIpc) is 3.14. The molecule has 1 saturated heterocycles. The number of rotatable bonds is 11. The highest BCUT2D eigenvalue weighted by molar-refractivity contribution is 8.00. The van der Waals surface area contributed by atoms with Crippen LogP contribution in [-0.2, 0) is 35.2 Å². The van der Waals surface area contributed by atoms with Gasteiger partial charge < -0.3 is 24.8 Å². The third-order valence-corrected chi connectivity index (χ3v) is 9.42. The molecule has 10 nitrogen and oxygen atoms in total. The lowest BCUT2D eigenvalue weighted by molar-refractivity contribution is -0.155. The number of nitrogens with one attached hydrogen (secondary N) is 2. The number of hydrogen-bond donors (Lipinski definition) is 2. The maximum absolute atomic E-state index is 14.3. The average molecular weight is 706 g/mol. The molecule has 11 heteroatoms. The number of alkyl carbamates (subject to hydrolysis) is 1. The van der Waals surface area contributed by atoms with Crippen molar-refractivity contribution in [2.24, 2.45) is 0 Å². The standard InChI is InChI=1S/C40H39N3O7S/c1-40(2,3)50-39(47)42-31(27-18-10-5-11-19-27)35(44)41-32-36(45)43-33(30(25-51-37(32)43)48-24-26-16-8-4-9-17-26)38(46)49-34(28-20-12-6-13-21-28)29-22-14-7-15-23-29/h4-23,31-32,34,37H,24-25H2,1-3H3,(H,41,44)(H,42,47)/t31?,32-,37-/m0/s1. The fourth-order valence-electron chi connectivity index (χ4n) is 5.79. The van der Waals surface area contributed by atoms with E-state index in [0.29, 0.717) is 11.3 Å². The van der Waals surface area contributed by atoms with Gasteiger partial charge in [0.05, 0.1) is 5.75 Å². The Balaban J connectivity index is 1.26. The zero-order valence-electron chi connectivity index (χ0n) is 28.5. The molecule has 0 radical (unpaired) electrons. The number of carbonyl (C=O) groups is 4. The minimum absolute atomic E-state index is 0.00599. The van der Waals surface area contributed by atoms with Crippen LogP contribution in [0.2, 0.25) is 0 Å². The largest absolute Gasteiger partial charge is 0.490 e. The summed E-state index contributed by atoms with van der Waals surface area (Å²) in [7, 11) is 0. The Morgan fingerprint density at radius 3 is 1.88 bits per heavy atom. The van der Waals surface area contributed by atoms with Gasteiger partial charge in [0.25, 0.3) is 5.91 Å². The van der Waals surface area contributed by atoms with Crippen molar-refractivity contribution in [1.82, 2.24) is 15.5 Å². The number of ether oxygens (including phenoxy) is 3. The van der Waals surface area contributed by atoms with Crippen LogP contribution < -0.4 is 10.6 Å². The van der Waals surface area contributed by atoms with Crippen molar-refractivity contribution < 1.29 is 33.4 Å². The SMILES string of the molecule is CC(C)(C)OC(=O)NC(C(=O)N[C@H]1C(=O)N2C(C(=O)OC(c3ccccc3)c3ccccc3)=C(OCc3ccccc3)CS[C@@H]12)c1ccccc1. The van der Waals surface area contributed by atoms with Crippen LogP contribution in [-0.4, -0.2) is 51.5 Å². The maximum atomic E-state index is 14.3. The minimum atomic E-state index is -1.14. The van der Waals surface area contributed by atoms with Crippen LogP contribution >= 0.6 is 11.8 Å². The molecule has 6 rings (SSSR count). The van der Waals surface area contributed by atoms with Crippen LogP contribution in [0.5, 0.6) is 0 Å². The van der Waals surface area contributed by atoms with Gasteiger partial charge in [-0.3, -0.25) is 14.5 Å². The van der Waals surface area contributed by atoms with E-state index in [1.54, 1.807) is 51.1 Å². The number of carbonyl (C=O) groups excluding carboxylic acids is 4. The fourth-order valence-corrected chi connectivity index (χ4v) is 7.07. The Labute approximate surface area is 301 Å². The van der Waals surface area contributed by atoms with Crippen molar-refractivity contribution in [3.05, 3.63) is 155 Å². The Morgan fingerprint density at radius 2 is 1.33 bits per heavy atom. The molecular formula is C40H39N3O7S. The van der Waals surface area contributed by atoms with Crippen LogP contribution in [0.15, 0.2) is 133 Å². The third kappa shape index (κ3) is 8.43. The van der Waals surface area contributed by atoms with Crippen molar-refractivity contribution in [1.29, 1.82) is 0 Å². The second-order valence-electron chi connectivity index (χ2n) is 13.0. The summed E-state index contributed by atoms with van der Waals surface area (Å²) in [5.41, 5.74) is 2.12. The van der Waals surface area contributed by atoms with Crippen LogP contribution in [0.25, 0.3) is 0 Å². The molecule has 0 spiro atoms. The minimum Gasteiger partial charge on any atom is -0.490 e. The van der Waals surface area contributed by atoms with Crippen molar-refractivity contribution in [2.45, 2.75) is 56.5 Å². The summed E-state index contributed by atoms with van der Waals surface area (Å²) in [6.45, 7) is 5.35. The molecule has 51 heavy (non-hydrogen) atoms. The summed E-state index contributed by atoms with van der Waals surface area (Å²) in [6, 6.07) is 34.8. The van der Waals surface area contributed by atoms with Gasteiger partial charge in [-0.05, 0) is 43.0 Å². The number of β-lactam (4-membered cyclic amide) rings is 1. The first-order valence-corrected chi connectivity index (χ1v) is 17.6. The summed E-state index contributed by atoms with van der Waals surface area (Å²) in [6.07, 6.45) is -1.53. The van der Waals surface area contributed by atoms with Gasteiger partial charge in [-0.2, -0.15) is 0 Å². The Hall–Kier alpha value is -5.55. The van der Waals surface area contributed by atoms with Gasteiger partial charge in [-0.15, -0.1) is 11.8 Å². The summed E-state index contributed by atoms with van der Waals surface area (Å²) < 4.78 is 17.8. The Kier molecular flexibility index (Phi) is 10.8. The van der Waals surface area contributed by atoms with Gasteiger partial charge in [0.15, 0.2) is 11.8 Å². The van der Waals surface area contributed by atoms with Crippen LogP contribution in [0, 0.1) is 0 Å². The predicted molar refractivity (Wildman–Crippen MR) is 193 cm³/mol. The molecule has 3 atom stereocenters. The highest BCUT2D eigenvalue weighted by atomic mass is 32.2. The molecule has 2 heterocycles. The second kappa shape index (κ2) is 15.6. The second-order valence-corrected chi connectivity index (χ2v) is 14.1. The van der Waals surface area contributed by atoms with Crippen LogP contribution in [0.3, 0.4) is 0 Å². The van der Waals surface area contributed by atoms with E-state index in [0.717, 1.165) is 16.7 Å². The zero-order chi connectivity index (χ0) is 36.0. The predicted octanol–water partition coefficient (Wildman–Crippen LogP) is 6.41. The fraction of sp³-hybridized carbons (Fsp3) is 0.250. The molecule has 2 N–H and O–H groups in total. The molecule has 1 unspecified atom stereocenters.